The maximum atomic E-state index is 7.47. The van der Waals surface area contributed by atoms with E-state index in [-0.39, 0.29) is 21.9 Å². The molecule has 9 aromatic carbocycles. The third-order valence-electron chi connectivity index (χ3n) is 12.9. The lowest BCUT2D eigenvalue weighted by Gasteiger charge is -2.19. The summed E-state index contributed by atoms with van der Waals surface area (Å²) in [7, 11) is 49.1. The number of para-hydroxylation sites is 1. The molecule has 0 bridgehead atoms. The second-order valence-corrected chi connectivity index (χ2v) is 17.4. The first kappa shape index (κ1) is 38.9. The molecule has 0 aliphatic carbocycles. The largest absolute Gasteiger partial charge is 0.311 e. The molecular weight excluding hydrogens is 784 g/mol. The van der Waals surface area contributed by atoms with Crippen molar-refractivity contribution >= 4 is 168 Å². The van der Waals surface area contributed by atoms with Crippen LogP contribution in [-0.4, -0.2) is 64.1 Å². The molecule has 0 amide bonds. The van der Waals surface area contributed by atoms with Gasteiger partial charge < -0.3 is 9.13 Å². The topological polar surface area (TPSA) is 9.86 Å². The van der Waals surface area contributed by atoms with Gasteiger partial charge in [0.05, 0.1) is 16.7 Å². The van der Waals surface area contributed by atoms with Gasteiger partial charge in [0, 0.05) is 58.6 Å². The molecule has 3 aromatic heterocycles. The van der Waals surface area contributed by atoms with Crippen LogP contribution in [0, 0.1) is 0 Å². The fraction of sp³-hybridized carbons (Fsp3) is 0. The van der Waals surface area contributed by atoms with Gasteiger partial charge in [-0.15, -0.1) is 22.3 Å². The quantitative estimate of drug-likeness (QED) is 0.169. The Labute approximate surface area is 383 Å². The monoisotopic (exact) mass is 812 g/mol. The zero-order valence-corrected chi connectivity index (χ0v) is 35.2. The molecule has 3 heterocycles. The molecule has 64 heavy (non-hydrogen) atoms. The van der Waals surface area contributed by atoms with E-state index in [1.165, 1.54) is 4.70 Å². The van der Waals surface area contributed by atoms with Gasteiger partial charge >= 0.3 is 0 Å². The Bertz CT molecular complexity index is 3930. The summed E-state index contributed by atoms with van der Waals surface area (Å²) in [5, 5.41) is 5.49. The number of benzene rings is 9. The van der Waals surface area contributed by atoms with Gasteiger partial charge in [0.2, 0.25) is 0 Å². The Hall–Kier alpha value is -6.75. The minimum atomic E-state index is 0.179. The predicted octanol–water partition coefficient (Wildman–Crippen LogP) is 6.81. The molecule has 0 spiro atoms. The van der Waals surface area contributed by atoms with Gasteiger partial charge in [-0.2, -0.15) is 0 Å². The van der Waals surface area contributed by atoms with E-state index in [1.807, 2.05) is 28.8 Å². The Balaban J connectivity index is 1.17. The van der Waals surface area contributed by atoms with Crippen LogP contribution in [0.4, 0.5) is 0 Å². The zero-order chi connectivity index (χ0) is 43.5. The van der Waals surface area contributed by atoms with Crippen LogP contribution < -0.4 is 38.2 Å². The first-order valence-electron chi connectivity index (χ1n) is 21.0. The highest BCUT2D eigenvalue weighted by Gasteiger charge is 2.26. The number of thiophene rings is 1. The second-order valence-electron chi connectivity index (χ2n) is 16.3. The standard InChI is InChI=1S/C54H27B7N2S/c55-46-42(47(56)51(60)53-44(46)45-48(57)49(58)50(59)52(61)54(45)62(53)31-23-25-41-35(27-31)34-17-8-10-21-40(34)64-41)30-22-24-38-36(26-30)43-33(29-14-5-2-6-15-29)18-11-20-39(43)63(38)37-19-9-7-16-32(37)28-12-3-1-4-13-28/h1-27H. The highest BCUT2D eigenvalue weighted by Crippen LogP contribution is 2.42. The van der Waals surface area contributed by atoms with E-state index in [4.69, 9.17) is 54.9 Å². The molecule has 0 fully saturated rings. The van der Waals surface area contributed by atoms with E-state index in [9.17, 15) is 0 Å². The van der Waals surface area contributed by atoms with Crippen molar-refractivity contribution in [2.75, 3.05) is 0 Å². The molecular formula is C54H27B7N2S. The molecule has 12 aromatic rings. The summed E-state index contributed by atoms with van der Waals surface area (Å²) in [5.41, 5.74) is 12.8. The number of aromatic nitrogens is 2. The van der Waals surface area contributed by atoms with Gasteiger partial charge in [-0.1, -0.05) is 143 Å². The molecule has 0 saturated carbocycles. The van der Waals surface area contributed by atoms with Crippen molar-refractivity contribution in [1.82, 2.24) is 9.13 Å². The zero-order valence-electron chi connectivity index (χ0n) is 34.4. The van der Waals surface area contributed by atoms with E-state index in [1.54, 1.807) is 11.3 Å². The van der Waals surface area contributed by atoms with Crippen LogP contribution in [-0.2, 0) is 0 Å². The number of hydrogen-bond donors (Lipinski definition) is 0. The van der Waals surface area contributed by atoms with Crippen molar-refractivity contribution in [3.05, 3.63) is 164 Å². The van der Waals surface area contributed by atoms with Crippen LogP contribution in [0.25, 0.3) is 109 Å². The van der Waals surface area contributed by atoms with Crippen molar-refractivity contribution in [2.45, 2.75) is 0 Å². The number of nitrogens with zero attached hydrogens (tertiary/aromatic N) is 2. The summed E-state index contributed by atoms with van der Waals surface area (Å²) in [6.07, 6.45) is 0. The van der Waals surface area contributed by atoms with Crippen molar-refractivity contribution in [3.63, 3.8) is 0 Å². The molecule has 2 nitrogen and oxygen atoms in total. The molecule has 10 heteroatoms. The smallest absolute Gasteiger partial charge is 0.115 e. The number of fused-ring (bicyclic) bond motifs is 9. The molecule has 14 radical (unpaired) electrons. The fourth-order valence-electron chi connectivity index (χ4n) is 9.99. The summed E-state index contributed by atoms with van der Waals surface area (Å²) in [4.78, 5) is 0. The summed E-state index contributed by atoms with van der Waals surface area (Å²) in [6, 6.07) is 57.0. The van der Waals surface area contributed by atoms with Gasteiger partial charge in [0.25, 0.3) is 0 Å². The van der Waals surface area contributed by atoms with Gasteiger partial charge in [0.1, 0.15) is 54.9 Å². The average Bonchev–Trinajstić information content (AvgIpc) is 4.01. The maximum Gasteiger partial charge on any atom is 0.115 e. The lowest BCUT2D eigenvalue weighted by atomic mass is 9.64. The molecule has 0 aliphatic rings. The lowest BCUT2D eigenvalue weighted by molar-refractivity contribution is 1.18. The third kappa shape index (κ3) is 5.55. The Morgan fingerprint density at radius 1 is 0.344 bits per heavy atom. The van der Waals surface area contributed by atoms with E-state index >= 15 is 0 Å². The Morgan fingerprint density at radius 2 is 0.953 bits per heavy atom. The lowest BCUT2D eigenvalue weighted by Crippen LogP contribution is -2.48. The molecule has 0 saturated heterocycles. The van der Waals surface area contributed by atoms with Crippen LogP contribution in [0.15, 0.2) is 164 Å². The van der Waals surface area contributed by atoms with Crippen LogP contribution in [0.1, 0.15) is 0 Å². The predicted molar refractivity (Wildman–Crippen MR) is 282 cm³/mol. The van der Waals surface area contributed by atoms with E-state index < -0.39 is 0 Å². The van der Waals surface area contributed by atoms with Crippen molar-refractivity contribution in [2.24, 2.45) is 0 Å². The molecule has 0 aliphatic heterocycles. The average molecular weight is 812 g/mol. The highest BCUT2D eigenvalue weighted by molar-refractivity contribution is 7.25. The molecule has 280 valence electrons. The fourth-order valence-corrected chi connectivity index (χ4v) is 11.1. The minimum Gasteiger partial charge on any atom is -0.311 e. The van der Waals surface area contributed by atoms with Crippen LogP contribution in [0.3, 0.4) is 0 Å². The van der Waals surface area contributed by atoms with E-state index in [0.29, 0.717) is 43.8 Å². The number of rotatable bonds is 5. The Morgan fingerprint density at radius 3 is 1.72 bits per heavy atom. The molecule has 12 rings (SSSR count). The summed E-state index contributed by atoms with van der Waals surface area (Å²) >= 11 is 1.74. The molecule has 0 atom stereocenters. The minimum absolute atomic E-state index is 0.179. The van der Waals surface area contributed by atoms with Crippen molar-refractivity contribution < 1.29 is 0 Å². The van der Waals surface area contributed by atoms with Gasteiger partial charge in [-0.05, 0) is 81.7 Å². The normalized spacial score (nSPS) is 11.9. The van der Waals surface area contributed by atoms with Crippen molar-refractivity contribution in [3.8, 4) is 44.8 Å². The third-order valence-corrected chi connectivity index (χ3v) is 14.1. The SMILES string of the molecule is [B]c1c([B])c([B])c2c(c1[B])c1c([B])c(-c3ccc4c(c3)c3c(-c5ccccc5)cccc3n4-c3ccccc3-c3ccccc3)c([B])c([B])c1n2-c1ccc2sc3ccccc3c2c1. The van der Waals surface area contributed by atoms with E-state index in [2.05, 4.69) is 144 Å². The van der Waals surface area contributed by atoms with Gasteiger partial charge in [-0.3, -0.25) is 0 Å². The summed E-state index contributed by atoms with van der Waals surface area (Å²) in [5.74, 6) is 0. The summed E-state index contributed by atoms with van der Waals surface area (Å²) < 4.78 is 6.67. The van der Waals surface area contributed by atoms with Crippen molar-refractivity contribution in [1.29, 1.82) is 0 Å². The van der Waals surface area contributed by atoms with E-state index in [0.717, 1.165) is 76.5 Å². The Kier molecular flexibility index (Phi) is 8.91. The van der Waals surface area contributed by atoms with Crippen LogP contribution in [0.2, 0.25) is 0 Å². The van der Waals surface area contributed by atoms with Crippen LogP contribution >= 0.6 is 11.3 Å². The van der Waals surface area contributed by atoms with Gasteiger partial charge in [0.15, 0.2) is 0 Å². The second kappa shape index (κ2) is 14.7. The first-order chi connectivity index (χ1) is 31.2. The van der Waals surface area contributed by atoms with Crippen LogP contribution in [0.5, 0.6) is 0 Å². The summed E-state index contributed by atoms with van der Waals surface area (Å²) in [6.45, 7) is 0. The molecule has 0 unspecified atom stereocenters. The maximum absolute atomic E-state index is 7.47. The van der Waals surface area contributed by atoms with Gasteiger partial charge in [-0.25, -0.2) is 0 Å². The first-order valence-corrected chi connectivity index (χ1v) is 21.8. The highest BCUT2D eigenvalue weighted by atomic mass is 32.1. The number of hydrogen-bond acceptors (Lipinski definition) is 1. The molecule has 0 N–H and O–H groups in total.